The van der Waals surface area contributed by atoms with Gasteiger partial charge < -0.3 is 19.7 Å². The molecule has 1 saturated carbocycles. The SMILES string of the molecule is CCOc1cc(CN[C@@H](C)C2CC2)ccc1OCC(=O)N1CCCCC1. The molecule has 1 heterocycles. The summed E-state index contributed by atoms with van der Waals surface area (Å²) in [6, 6.07) is 6.56. The molecule has 3 rings (SSSR count). The summed E-state index contributed by atoms with van der Waals surface area (Å²) in [7, 11) is 0. The minimum Gasteiger partial charge on any atom is -0.490 e. The van der Waals surface area contributed by atoms with Crippen LogP contribution in [0.25, 0.3) is 0 Å². The number of amides is 1. The number of ether oxygens (including phenoxy) is 2. The normalized spacial score (nSPS) is 18.5. The van der Waals surface area contributed by atoms with Gasteiger partial charge in [-0.15, -0.1) is 0 Å². The van der Waals surface area contributed by atoms with Gasteiger partial charge in [0.05, 0.1) is 6.61 Å². The number of likely N-dealkylation sites (tertiary alicyclic amines) is 1. The van der Waals surface area contributed by atoms with Crippen molar-refractivity contribution < 1.29 is 14.3 Å². The van der Waals surface area contributed by atoms with Crippen LogP contribution in [0.1, 0.15) is 51.5 Å². The molecular weight excluding hydrogens is 328 g/mol. The Labute approximate surface area is 157 Å². The third-order valence-corrected chi connectivity index (χ3v) is 5.33. The van der Waals surface area contributed by atoms with E-state index in [1.165, 1.54) is 24.8 Å². The van der Waals surface area contributed by atoms with Crippen molar-refractivity contribution in [1.82, 2.24) is 10.2 Å². The molecule has 0 spiro atoms. The fourth-order valence-electron chi connectivity index (χ4n) is 3.47. The van der Waals surface area contributed by atoms with Gasteiger partial charge in [0, 0.05) is 25.7 Å². The van der Waals surface area contributed by atoms with Crippen LogP contribution in [0.15, 0.2) is 18.2 Å². The van der Waals surface area contributed by atoms with Crippen LogP contribution in [-0.4, -0.2) is 43.2 Å². The number of carbonyl (C=O) groups is 1. The zero-order chi connectivity index (χ0) is 18.4. The van der Waals surface area contributed by atoms with Crippen LogP contribution in [0.3, 0.4) is 0 Å². The molecule has 1 saturated heterocycles. The zero-order valence-corrected chi connectivity index (χ0v) is 16.1. The Bertz CT molecular complexity index is 595. The first-order valence-electron chi connectivity index (χ1n) is 10.1. The van der Waals surface area contributed by atoms with Crippen molar-refractivity contribution in [2.75, 3.05) is 26.3 Å². The summed E-state index contributed by atoms with van der Waals surface area (Å²) >= 11 is 0. The summed E-state index contributed by atoms with van der Waals surface area (Å²) in [5.74, 6) is 2.27. The van der Waals surface area contributed by atoms with Crippen LogP contribution in [-0.2, 0) is 11.3 Å². The molecular formula is C21H32N2O3. The molecule has 0 radical (unpaired) electrons. The molecule has 1 N–H and O–H groups in total. The van der Waals surface area contributed by atoms with E-state index in [0.29, 0.717) is 18.4 Å². The van der Waals surface area contributed by atoms with Gasteiger partial charge in [0.15, 0.2) is 18.1 Å². The molecule has 26 heavy (non-hydrogen) atoms. The first-order chi connectivity index (χ1) is 12.7. The van der Waals surface area contributed by atoms with E-state index < -0.39 is 0 Å². The third kappa shape index (κ3) is 5.37. The maximum Gasteiger partial charge on any atom is 0.260 e. The third-order valence-electron chi connectivity index (χ3n) is 5.33. The number of hydrogen-bond acceptors (Lipinski definition) is 4. The van der Waals surface area contributed by atoms with Crippen molar-refractivity contribution in [1.29, 1.82) is 0 Å². The highest BCUT2D eigenvalue weighted by Crippen LogP contribution is 2.33. The molecule has 0 unspecified atom stereocenters. The maximum atomic E-state index is 12.3. The average Bonchev–Trinajstić information content (AvgIpc) is 3.51. The van der Waals surface area contributed by atoms with Gasteiger partial charge in [-0.3, -0.25) is 4.79 Å². The number of benzene rings is 1. The topological polar surface area (TPSA) is 50.8 Å². The van der Waals surface area contributed by atoms with Crippen molar-refractivity contribution in [2.24, 2.45) is 5.92 Å². The van der Waals surface area contributed by atoms with Crippen molar-refractivity contribution >= 4 is 5.91 Å². The van der Waals surface area contributed by atoms with Gasteiger partial charge >= 0.3 is 0 Å². The number of piperidine rings is 1. The van der Waals surface area contributed by atoms with Gasteiger partial charge in [-0.25, -0.2) is 0 Å². The number of carbonyl (C=O) groups excluding carboxylic acids is 1. The second kappa shape index (κ2) is 9.26. The molecule has 144 valence electrons. The van der Waals surface area contributed by atoms with E-state index in [0.717, 1.165) is 44.1 Å². The lowest BCUT2D eigenvalue weighted by Gasteiger charge is -2.26. The van der Waals surface area contributed by atoms with Crippen molar-refractivity contribution in [2.45, 2.75) is 58.5 Å². The predicted molar refractivity (Wildman–Crippen MR) is 103 cm³/mol. The Morgan fingerprint density at radius 3 is 2.65 bits per heavy atom. The molecule has 2 aliphatic rings. The molecule has 1 aliphatic carbocycles. The lowest BCUT2D eigenvalue weighted by molar-refractivity contribution is -0.134. The summed E-state index contributed by atoms with van der Waals surface area (Å²) in [5, 5.41) is 3.59. The fourth-order valence-corrected chi connectivity index (χ4v) is 3.47. The van der Waals surface area contributed by atoms with Gasteiger partial charge in [0.1, 0.15) is 0 Å². The summed E-state index contributed by atoms with van der Waals surface area (Å²) in [5.41, 5.74) is 1.18. The van der Waals surface area contributed by atoms with Crippen LogP contribution < -0.4 is 14.8 Å². The van der Waals surface area contributed by atoms with E-state index in [1.54, 1.807) is 0 Å². The van der Waals surface area contributed by atoms with Crippen molar-refractivity contribution in [3.05, 3.63) is 23.8 Å². The summed E-state index contributed by atoms with van der Waals surface area (Å²) < 4.78 is 11.5. The number of nitrogens with one attached hydrogen (secondary N) is 1. The van der Waals surface area contributed by atoms with Gasteiger partial charge in [-0.05, 0) is 69.6 Å². The number of hydrogen-bond donors (Lipinski definition) is 1. The molecule has 0 aromatic heterocycles. The van der Waals surface area contributed by atoms with Gasteiger partial charge in [-0.2, -0.15) is 0 Å². The van der Waals surface area contributed by atoms with E-state index in [9.17, 15) is 4.79 Å². The smallest absolute Gasteiger partial charge is 0.260 e. The lowest BCUT2D eigenvalue weighted by atomic mass is 10.1. The molecule has 5 heteroatoms. The van der Waals surface area contributed by atoms with E-state index >= 15 is 0 Å². The van der Waals surface area contributed by atoms with Crippen LogP contribution in [0, 0.1) is 5.92 Å². The first-order valence-corrected chi connectivity index (χ1v) is 10.1. The molecule has 1 aromatic carbocycles. The lowest BCUT2D eigenvalue weighted by Crippen LogP contribution is -2.38. The highest BCUT2D eigenvalue weighted by atomic mass is 16.5. The van der Waals surface area contributed by atoms with Gasteiger partial charge in [0.25, 0.3) is 5.91 Å². The highest BCUT2D eigenvalue weighted by molar-refractivity contribution is 5.78. The monoisotopic (exact) mass is 360 g/mol. The second-order valence-corrected chi connectivity index (χ2v) is 7.45. The van der Waals surface area contributed by atoms with Crippen LogP contribution in [0.5, 0.6) is 11.5 Å². The van der Waals surface area contributed by atoms with E-state index in [-0.39, 0.29) is 12.5 Å². The Kier molecular flexibility index (Phi) is 6.78. The van der Waals surface area contributed by atoms with Gasteiger partial charge in [0.2, 0.25) is 0 Å². The van der Waals surface area contributed by atoms with Crippen molar-refractivity contribution in [3.63, 3.8) is 0 Å². The molecule has 1 aromatic rings. The molecule has 1 aliphatic heterocycles. The average molecular weight is 360 g/mol. The molecule has 1 amide bonds. The Morgan fingerprint density at radius 2 is 1.96 bits per heavy atom. The zero-order valence-electron chi connectivity index (χ0n) is 16.1. The van der Waals surface area contributed by atoms with E-state index in [4.69, 9.17) is 9.47 Å². The molecule has 2 fully saturated rings. The standard InChI is InChI=1S/C21H32N2O3/c1-3-25-20-13-17(14-22-16(2)18-8-9-18)7-10-19(20)26-15-21(24)23-11-5-4-6-12-23/h7,10,13,16,18,22H,3-6,8-9,11-12,14-15H2,1-2H3/t16-/m0/s1. The summed E-state index contributed by atoms with van der Waals surface area (Å²) in [6.45, 7) is 7.40. The summed E-state index contributed by atoms with van der Waals surface area (Å²) in [6.07, 6.45) is 6.09. The highest BCUT2D eigenvalue weighted by Gasteiger charge is 2.27. The Morgan fingerprint density at radius 1 is 1.19 bits per heavy atom. The van der Waals surface area contributed by atoms with Crippen LogP contribution in [0.2, 0.25) is 0 Å². The molecule has 0 bridgehead atoms. The number of rotatable bonds is 9. The number of nitrogens with zero attached hydrogens (tertiary/aromatic N) is 1. The van der Waals surface area contributed by atoms with E-state index in [1.807, 2.05) is 24.0 Å². The predicted octanol–water partition coefficient (Wildman–Crippen LogP) is 3.36. The van der Waals surface area contributed by atoms with E-state index in [2.05, 4.69) is 18.3 Å². The van der Waals surface area contributed by atoms with Crippen LogP contribution in [0.4, 0.5) is 0 Å². The van der Waals surface area contributed by atoms with Gasteiger partial charge in [-0.1, -0.05) is 6.07 Å². The minimum atomic E-state index is 0.0659. The minimum absolute atomic E-state index is 0.0659. The first kappa shape index (κ1) is 19.0. The maximum absolute atomic E-state index is 12.3. The second-order valence-electron chi connectivity index (χ2n) is 7.45. The quantitative estimate of drug-likeness (QED) is 0.734. The van der Waals surface area contributed by atoms with Crippen LogP contribution >= 0.6 is 0 Å². The summed E-state index contributed by atoms with van der Waals surface area (Å²) in [4.78, 5) is 14.2. The fraction of sp³-hybridized carbons (Fsp3) is 0.667. The Hall–Kier alpha value is -1.75. The Balaban J connectivity index is 1.55. The molecule has 1 atom stereocenters. The largest absolute Gasteiger partial charge is 0.490 e. The molecule has 5 nitrogen and oxygen atoms in total. The van der Waals surface area contributed by atoms with Crippen molar-refractivity contribution in [3.8, 4) is 11.5 Å².